The fourth-order valence-electron chi connectivity index (χ4n) is 6.19. The number of hydrogen-bond donors (Lipinski definition) is 0. The predicted molar refractivity (Wildman–Crippen MR) is 222 cm³/mol. The van der Waals surface area contributed by atoms with Crippen molar-refractivity contribution in [3.05, 3.63) is 230 Å². The van der Waals surface area contributed by atoms with Gasteiger partial charge in [-0.15, -0.1) is 0 Å². The molecule has 258 valence electrons. The van der Waals surface area contributed by atoms with Gasteiger partial charge in [-0.1, -0.05) is 140 Å². The fraction of sp³-hybridized carbons (Fsp3) is 0. The van der Waals surface area contributed by atoms with E-state index < -0.39 is 0 Å². The molecular weight excluding hydrogens is 649 g/mol. The van der Waals surface area contributed by atoms with Crippen molar-refractivity contribution >= 4 is 40.4 Å². The van der Waals surface area contributed by atoms with E-state index in [9.17, 15) is 4.79 Å². The summed E-state index contributed by atoms with van der Waals surface area (Å²) in [5.41, 5.74) is 12.1. The summed E-state index contributed by atoms with van der Waals surface area (Å²) in [5, 5.41) is 0. The zero-order valence-corrected chi connectivity index (χ0v) is 29.2. The number of benzene rings is 8. The molecule has 2 N–H and O–H groups in total. The van der Waals surface area contributed by atoms with Crippen molar-refractivity contribution in [3.8, 4) is 22.3 Å². The van der Waals surface area contributed by atoms with E-state index >= 15 is 0 Å². The van der Waals surface area contributed by atoms with Gasteiger partial charge in [-0.25, -0.2) is 0 Å². The Morgan fingerprint density at radius 3 is 0.774 bits per heavy atom. The molecule has 4 nitrogen and oxygen atoms in total. The summed E-state index contributed by atoms with van der Waals surface area (Å²) in [6.07, 6.45) is 0.866. The summed E-state index contributed by atoms with van der Waals surface area (Å²) in [6.45, 7) is 0. The molecule has 0 fully saturated rings. The van der Waals surface area contributed by atoms with E-state index in [0.717, 1.165) is 40.4 Å². The highest BCUT2D eigenvalue weighted by atomic mass is 16.1. The van der Waals surface area contributed by atoms with Gasteiger partial charge in [0.05, 0.1) is 0 Å². The van der Waals surface area contributed by atoms with Crippen LogP contribution in [-0.4, -0.2) is 11.8 Å². The first-order valence-corrected chi connectivity index (χ1v) is 17.4. The van der Waals surface area contributed by atoms with Crippen molar-refractivity contribution in [2.75, 3.05) is 9.80 Å². The largest absolute Gasteiger partial charge is 0.412 e. The summed E-state index contributed by atoms with van der Waals surface area (Å²) in [5.74, 6) is 0. The van der Waals surface area contributed by atoms with Gasteiger partial charge in [-0.2, -0.15) is 0 Å². The van der Waals surface area contributed by atoms with Crippen molar-refractivity contribution in [1.29, 1.82) is 0 Å². The molecule has 0 bridgehead atoms. The second-order valence-electron chi connectivity index (χ2n) is 12.2. The quantitative estimate of drug-likeness (QED) is 0.142. The van der Waals surface area contributed by atoms with Crippen molar-refractivity contribution in [2.24, 2.45) is 0 Å². The molecule has 4 heteroatoms. The zero-order valence-electron chi connectivity index (χ0n) is 29.2. The molecule has 0 saturated heterocycles. The van der Waals surface area contributed by atoms with E-state index in [2.05, 4.69) is 155 Å². The third-order valence-corrected chi connectivity index (χ3v) is 8.80. The number of anilines is 6. The Bertz CT molecular complexity index is 2220. The predicted octanol–water partition coefficient (Wildman–Crippen LogP) is 12.6. The SMILES string of the molecule is O.O=Cc1ccc(N(c2ccccc2)c2ccc(-c3ccccc3)cc2)cc1.c1ccc(-c2ccc(N(c3ccccc3)c3ccccc3)cc2)cc1. The van der Waals surface area contributed by atoms with Gasteiger partial charge in [-0.3, -0.25) is 4.79 Å². The van der Waals surface area contributed by atoms with Crippen LogP contribution >= 0.6 is 0 Å². The van der Waals surface area contributed by atoms with Crippen LogP contribution < -0.4 is 9.80 Å². The normalized spacial score (nSPS) is 10.2. The first-order chi connectivity index (χ1) is 25.8. The monoisotopic (exact) mass is 688 g/mol. The lowest BCUT2D eigenvalue weighted by molar-refractivity contribution is 0.112. The molecular formula is C49H40N2O2. The maximum absolute atomic E-state index is 11.0. The standard InChI is InChI=1S/C25H19NO.C24H19N.H2O/c27-19-20-11-15-24(16-12-20)26(23-9-5-2-6-10-23)25-17-13-22(14-18-25)21-7-3-1-4-8-21;1-4-10-20(11-5-1)21-16-18-24(19-17-21)25(22-12-6-2-7-13-22)23-14-8-3-9-15-23;/h1-19H;1-19H;1H2. The van der Waals surface area contributed by atoms with Crippen LogP contribution in [0.5, 0.6) is 0 Å². The number of carbonyl (C=O) groups is 1. The molecule has 0 aromatic heterocycles. The Kier molecular flexibility index (Phi) is 12.0. The van der Waals surface area contributed by atoms with Crippen molar-refractivity contribution in [1.82, 2.24) is 0 Å². The Balaban J connectivity index is 0.000000178. The average Bonchev–Trinajstić information content (AvgIpc) is 3.24. The minimum atomic E-state index is 0. The van der Waals surface area contributed by atoms with E-state index in [4.69, 9.17) is 0 Å². The van der Waals surface area contributed by atoms with Gasteiger partial charge in [-0.05, 0) is 107 Å². The molecule has 0 radical (unpaired) electrons. The van der Waals surface area contributed by atoms with E-state index in [0.29, 0.717) is 5.56 Å². The van der Waals surface area contributed by atoms with Gasteiger partial charge in [0, 0.05) is 39.7 Å². The highest BCUT2D eigenvalue weighted by Crippen LogP contribution is 2.37. The summed E-state index contributed by atoms with van der Waals surface area (Å²) < 4.78 is 0. The van der Waals surface area contributed by atoms with Crippen LogP contribution in [0, 0.1) is 0 Å². The number of rotatable bonds is 9. The Morgan fingerprint density at radius 1 is 0.264 bits per heavy atom. The maximum Gasteiger partial charge on any atom is 0.150 e. The van der Waals surface area contributed by atoms with Crippen LogP contribution in [0.25, 0.3) is 22.3 Å². The molecule has 0 amide bonds. The van der Waals surface area contributed by atoms with Crippen molar-refractivity contribution in [3.63, 3.8) is 0 Å². The lowest BCUT2D eigenvalue weighted by atomic mass is 10.0. The van der Waals surface area contributed by atoms with Gasteiger partial charge < -0.3 is 15.3 Å². The lowest BCUT2D eigenvalue weighted by Crippen LogP contribution is -2.09. The molecule has 0 aliphatic carbocycles. The summed E-state index contributed by atoms with van der Waals surface area (Å²) in [7, 11) is 0. The molecule has 0 spiro atoms. The van der Waals surface area contributed by atoms with E-state index in [1.165, 1.54) is 22.3 Å². The molecule has 0 unspecified atom stereocenters. The topological polar surface area (TPSA) is 55.1 Å². The average molecular weight is 689 g/mol. The minimum Gasteiger partial charge on any atom is -0.412 e. The molecule has 0 saturated carbocycles. The molecule has 0 aliphatic rings. The Morgan fingerprint density at radius 2 is 0.491 bits per heavy atom. The van der Waals surface area contributed by atoms with Crippen LogP contribution in [0.1, 0.15) is 10.4 Å². The van der Waals surface area contributed by atoms with Gasteiger partial charge in [0.15, 0.2) is 0 Å². The lowest BCUT2D eigenvalue weighted by Gasteiger charge is -2.25. The summed E-state index contributed by atoms with van der Waals surface area (Å²) in [4.78, 5) is 15.4. The van der Waals surface area contributed by atoms with Gasteiger partial charge in [0.2, 0.25) is 0 Å². The highest BCUT2D eigenvalue weighted by Gasteiger charge is 2.13. The van der Waals surface area contributed by atoms with Gasteiger partial charge in [0.25, 0.3) is 0 Å². The number of nitrogens with zero attached hydrogens (tertiary/aromatic N) is 2. The van der Waals surface area contributed by atoms with Crippen molar-refractivity contribution in [2.45, 2.75) is 0 Å². The van der Waals surface area contributed by atoms with E-state index in [1.54, 1.807) is 0 Å². The molecule has 0 aliphatic heterocycles. The number of aldehydes is 1. The smallest absolute Gasteiger partial charge is 0.150 e. The Hall–Kier alpha value is -7.01. The minimum absolute atomic E-state index is 0. The van der Waals surface area contributed by atoms with Crippen LogP contribution in [0.4, 0.5) is 34.1 Å². The molecule has 0 heterocycles. The molecule has 8 aromatic carbocycles. The van der Waals surface area contributed by atoms with Gasteiger partial charge in [0.1, 0.15) is 6.29 Å². The maximum atomic E-state index is 11.0. The van der Waals surface area contributed by atoms with Crippen LogP contribution in [0.15, 0.2) is 224 Å². The second-order valence-corrected chi connectivity index (χ2v) is 12.2. The fourth-order valence-corrected chi connectivity index (χ4v) is 6.19. The summed E-state index contributed by atoms with van der Waals surface area (Å²) in [6, 6.07) is 76.9. The Labute approximate surface area is 311 Å². The molecule has 53 heavy (non-hydrogen) atoms. The number of hydrogen-bond acceptors (Lipinski definition) is 3. The third kappa shape index (κ3) is 8.84. The highest BCUT2D eigenvalue weighted by molar-refractivity contribution is 5.81. The summed E-state index contributed by atoms with van der Waals surface area (Å²) >= 11 is 0. The van der Waals surface area contributed by atoms with E-state index in [1.807, 2.05) is 78.9 Å². The third-order valence-electron chi connectivity index (χ3n) is 8.80. The van der Waals surface area contributed by atoms with Crippen LogP contribution in [0.2, 0.25) is 0 Å². The van der Waals surface area contributed by atoms with E-state index in [-0.39, 0.29) is 5.48 Å². The molecule has 8 rings (SSSR count). The van der Waals surface area contributed by atoms with Crippen LogP contribution in [-0.2, 0) is 0 Å². The van der Waals surface area contributed by atoms with Gasteiger partial charge >= 0.3 is 0 Å². The number of carbonyl (C=O) groups excluding carboxylic acids is 1. The van der Waals surface area contributed by atoms with Crippen LogP contribution in [0.3, 0.4) is 0 Å². The zero-order chi connectivity index (χ0) is 35.4. The first kappa shape index (κ1) is 35.8. The van der Waals surface area contributed by atoms with Crippen molar-refractivity contribution < 1.29 is 10.3 Å². The molecule has 0 atom stereocenters. The second kappa shape index (κ2) is 17.8. The first-order valence-electron chi connectivity index (χ1n) is 17.4. The number of para-hydroxylation sites is 3. The molecule has 8 aromatic rings.